The van der Waals surface area contributed by atoms with Gasteiger partial charge in [-0.3, -0.25) is 4.98 Å². The molecule has 17 heavy (non-hydrogen) atoms. The number of rotatable bonds is 5. The number of aromatic nitrogens is 2. The molecule has 1 unspecified atom stereocenters. The molecule has 0 amide bonds. The van der Waals surface area contributed by atoms with Gasteiger partial charge in [0.25, 0.3) is 0 Å². The van der Waals surface area contributed by atoms with Crippen LogP contribution in [0.15, 0.2) is 17.1 Å². The minimum absolute atomic E-state index is 0.199. The second kappa shape index (κ2) is 5.71. The molecule has 0 aliphatic carbocycles. The van der Waals surface area contributed by atoms with Gasteiger partial charge in [0.15, 0.2) is 0 Å². The molecule has 0 spiro atoms. The van der Waals surface area contributed by atoms with E-state index in [4.69, 9.17) is 4.98 Å². The van der Waals surface area contributed by atoms with Gasteiger partial charge >= 0.3 is 0 Å². The van der Waals surface area contributed by atoms with E-state index in [-0.39, 0.29) is 6.04 Å². The van der Waals surface area contributed by atoms with Gasteiger partial charge in [0.2, 0.25) is 0 Å². The van der Waals surface area contributed by atoms with Crippen molar-refractivity contribution in [3.63, 3.8) is 0 Å². The Labute approximate surface area is 110 Å². The maximum absolute atomic E-state index is 4.72. The van der Waals surface area contributed by atoms with E-state index in [2.05, 4.69) is 36.5 Å². The van der Waals surface area contributed by atoms with Gasteiger partial charge < -0.3 is 5.32 Å². The molecule has 2 heterocycles. The van der Waals surface area contributed by atoms with E-state index in [1.807, 2.05) is 11.7 Å². The molecular weight excluding hydrogens is 250 g/mol. The van der Waals surface area contributed by atoms with Gasteiger partial charge in [-0.1, -0.05) is 20.8 Å². The van der Waals surface area contributed by atoms with Crippen molar-refractivity contribution in [1.82, 2.24) is 15.3 Å². The smallest absolute Gasteiger partial charge is 0.115 e. The summed E-state index contributed by atoms with van der Waals surface area (Å²) in [5.74, 6) is 0.490. The Kier molecular flexibility index (Phi) is 4.25. The van der Waals surface area contributed by atoms with Crippen LogP contribution in [0.5, 0.6) is 0 Å². The molecule has 1 atom stereocenters. The Bertz CT molecular complexity index is 448. The van der Waals surface area contributed by atoms with Crippen LogP contribution < -0.4 is 5.32 Å². The zero-order valence-corrected chi connectivity index (χ0v) is 11.9. The van der Waals surface area contributed by atoms with Crippen LogP contribution in [0.2, 0.25) is 0 Å². The minimum Gasteiger partial charge on any atom is -0.304 e. The second-order valence-electron chi connectivity index (χ2n) is 4.16. The highest BCUT2D eigenvalue weighted by Gasteiger charge is 2.18. The molecule has 0 bridgehead atoms. The first-order valence-electron chi connectivity index (χ1n) is 5.79. The zero-order chi connectivity index (χ0) is 12.3. The van der Waals surface area contributed by atoms with Crippen molar-refractivity contribution < 1.29 is 0 Å². The molecule has 2 rings (SSSR count). The lowest BCUT2D eigenvalue weighted by Crippen LogP contribution is -2.21. The van der Waals surface area contributed by atoms with Crippen molar-refractivity contribution in [2.24, 2.45) is 0 Å². The Morgan fingerprint density at radius 2 is 2.18 bits per heavy atom. The fourth-order valence-corrected chi connectivity index (χ4v) is 3.42. The number of thiazole rings is 2. The summed E-state index contributed by atoms with van der Waals surface area (Å²) in [7, 11) is 0. The molecule has 2 aromatic rings. The van der Waals surface area contributed by atoms with Crippen LogP contribution in [0.4, 0.5) is 0 Å². The largest absolute Gasteiger partial charge is 0.304 e. The molecule has 3 nitrogen and oxygen atoms in total. The lowest BCUT2D eigenvalue weighted by atomic mass is 10.2. The molecule has 0 radical (unpaired) electrons. The average molecular weight is 267 g/mol. The van der Waals surface area contributed by atoms with Crippen molar-refractivity contribution in [1.29, 1.82) is 0 Å². The lowest BCUT2D eigenvalue weighted by Gasteiger charge is -2.12. The van der Waals surface area contributed by atoms with E-state index in [1.165, 1.54) is 10.6 Å². The molecule has 92 valence electrons. The summed E-state index contributed by atoms with van der Waals surface area (Å²) in [5.41, 5.74) is 3.05. The Balaban J connectivity index is 2.26. The molecule has 0 saturated heterocycles. The van der Waals surface area contributed by atoms with Crippen LogP contribution in [0.3, 0.4) is 0 Å². The van der Waals surface area contributed by atoms with E-state index in [1.54, 1.807) is 22.7 Å². The topological polar surface area (TPSA) is 37.8 Å². The minimum atomic E-state index is 0.199. The number of nitrogens with one attached hydrogen (secondary N) is 1. The van der Waals surface area contributed by atoms with Crippen LogP contribution >= 0.6 is 22.7 Å². The Hall–Kier alpha value is -0.780. The maximum atomic E-state index is 4.72. The van der Waals surface area contributed by atoms with Crippen LogP contribution in [-0.2, 0) is 0 Å². The highest BCUT2D eigenvalue weighted by atomic mass is 32.1. The molecule has 1 N–H and O–H groups in total. The summed E-state index contributed by atoms with van der Waals surface area (Å²) >= 11 is 3.41. The number of hydrogen-bond donors (Lipinski definition) is 1. The fraction of sp³-hybridized carbons (Fsp3) is 0.500. The zero-order valence-electron chi connectivity index (χ0n) is 10.3. The van der Waals surface area contributed by atoms with Crippen molar-refractivity contribution in [2.75, 3.05) is 6.54 Å². The summed E-state index contributed by atoms with van der Waals surface area (Å²) in [6, 6.07) is 0.199. The van der Waals surface area contributed by atoms with E-state index < -0.39 is 0 Å². The maximum Gasteiger partial charge on any atom is 0.115 e. The van der Waals surface area contributed by atoms with E-state index >= 15 is 0 Å². The third-order valence-corrected chi connectivity index (χ3v) is 4.29. The fourth-order valence-electron chi connectivity index (χ4n) is 1.58. The summed E-state index contributed by atoms with van der Waals surface area (Å²) in [4.78, 5) is 10.1. The second-order valence-corrected chi connectivity index (χ2v) is 5.97. The van der Waals surface area contributed by atoms with Crippen molar-refractivity contribution in [3.8, 4) is 0 Å². The highest BCUT2D eigenvalue weighted by Crippen LogP contribution is 2.29. The molecular formula is C12H17N3S2. The quantitative estimate of drug-likeness (QED) is 0.902. The normalized spacial score (nSPS) is 13.2. The Morgan fingerprint density at radius 3 is 2.71 bits per heavy atom. The van der Waals surface area contributed by atoms with Gasteiger partial charge in [-0.25, -0.2) is 4.98 Å². The van der Waals surface area contributed by atoms with Gasteiger partial charge in [0.05, 0.1) is 17.2 Å². The highest BCUT2D eigenvalue weighted by molar-refractivity contribution is 7.11. The first-order chi connectivity index (χ1) is 8.22. The number of hydrogen-bond acceptors (Lipinski definition) is 5. The van der Waals surface area contributed by atoms with Gasteiger partial charge in [-0.05, 0) is 12.5 Å². The molecule has 0 saturated carbocycles. The predicted molar refractivity (Wildman–Crippen MR) is 73.8 cm³/mol. The monoisotopic (exact) mass is 267 g/mol. The third kappa shape index (κ3) is 2.91. The van der Waals surface area contributed by atoms with Crippen LogP contribution in [0, 0.1) is 0 Å². The first-order valence-corrected chi connectivity index (χ1v) is 7.55. The standard InChI is InChI=1S/C12H17N3S2/c1-4-14-11(10-5-13-7-17-10)12-15-9(6-16-12)8(2)3/h5-8,11,14H,4H2,1-3H3. The molecule has 0 fully saturated rings. The van der Waals surface area contributed by atoms with Crippen molar-refractivity contribution >= 4 is 22.7 Å². The van der Waals surface area contributed by atoms with E-state index in [9.17, 15) is 0 Å². The van der Waals surface area contributed by atoms with Gasteiger partial charge in [0.1, 0.15) is 5.01 Å². The SMILES string of the molecule is CCNC(c1cncs1)c1nc(C(C)C)cs1. The van der Waals surface area contributed by atoms with Crippen LogP contribution in [0.1, 0.15) is 48.3 Å². The average Bonchev–Trinajstić information content (AvgIpc) is 2.97. The molecule has 0 aliphatic heterocycles. The molecule has 2 aromatic heterocycles. The number of nitrogens with zero attached hydrogens (tertiary/aromatic N) is 2. The third-order valence-electron chi connectivity index (χ3n) is 2.52. The van der Waals surface area contributed by atoms with E-state index in [0.717, 1.165) is 11.6 Å². The van der Waals surface area contributed by atoms with Crippen LogP contribution in [-0.4, -0.2) is 16.5 Å². The summed E-state index contributed by atoms with van der Waals surface area (Å²) in [5, 5.41) is 6.77. The van der Waals surface area contributed by atoms with Gasteiger partial charge in [-0.2, -0.15) is 0 Å². The van der Waals surface area contributed by atoms with Gasteiger partial charge in [-0.15, -0.1) is 22.7 Å². The summed E-state index contributed by atoms with van der Waals surface area (Å²) in [6.45, 7) is 7.39. The van der Waals surface area contributed by atoms with Crippen molar-refractivity contribution in [3.05, 3.63) is 32.7 Å². The van der Waals surface area contributed by atoms with E-state index in [0.29, 0.717) is 5.92 Å². The summed E-state index contributed by atoms with van der Waals surface area (Å²) < 4.78 is 0. The predicted octanol–water partition coefficient (Wildman–Crippen LogP) is 3.42. The van der Waals surface area contributed by atoms with Gasteiger partial charge in [0, 0.05) is 16.5 Å². The molecule has 0 aromatic carbocycles. The lowest BCUT2D eigenvalue weighted by molar-refractivity contribution is 0.631. The Morgan fingerprint density at radius 1 is 1.35 bits per heavy atom. The van der Waals surface area contributed by atoms with Crippen LogP contribution in [0.25, 0.3) is 0 Å². The first kappa shape index (κ1) is 12.7. The molecule has 0 aliphatic rings. The molecule has 5 heteroatoms. The van der Waals surface area contributed by atoms with Crippen molar-refractivity contribution in [2.45, 2.75) is 32.7 Å². The summed E-state index contributed by atoms with van der Waals surface area (Å²) in [6.07, 6.45) is 1.93.